The van der Waals surface area contributed by atoms with Crippen LogP contribution in [0.15, 0.2) is 71.6 Å². The highest BCUT2D eigenvalue weighted by molar-refractivity contribution is 7.99. The third-order valence-corrected chi connectivity index (χ3v) is 6.61. The fraction of sp³-hybridized carbons (Fsp3) is 0.308. The highest BCUT2D eigenvalue weighted by atomic mass is 32.2. The van der Waals surface area contributed by atoms with Crippen molar-refractivity contribution in [2.45, 2.75) is 34.7 Å². The number of aliphatic hydroxyl groups is 3. The summed E-state index contributed by atoms with van der Waals surface area (Å²) in [6.07, 6.45) is -4.10. The van der Waals surface area contributed by atoms with Gasteiger partial charge in [-0.15, -0.1) is 0 Å². The normalized spacial score (nSPS) is 24.8. The zero-order valence-corrected chi connectivity index (χ0v) is 18.9. The van der Waals surface area contributed by atoms with E-state index in [0.717, 1.165) is 27.0 Å². The van der Waals surface area contributed by atoms with Crippen LogP contribution in [0.3, 0.4) is 0 Å². The van der Waals surface area contributed by atoms with E-state index in [1.165, 1.54) is 11.8 Å². The van der Waals surface area contributed by atoms with E-state index >= 15 is 0 Å². The molecule has 0 unspecified atom stereocenters. The molecule has 1 fully saturated rings. The Morgan fingerprint density at radius 3 is 2.45 bits per heavy atom. The quantitative estimate of drug-likeness (QED) is 0.482. The molecule has 1 saturated heterocycles. The van der Waals surface area contributed by atoms with Crippen molar-refractivity contribution >= 4 is 22.5 Å². The van der Waals surface area contributed by atoms with E-state index in [0.29, 0.717) is 0 Å². The van der Waals surface area contributed by atoms with E-state index in [4.69, 9.17) is 14.2 Å². The molecule has 0 aromatic heterocycles. The standard InChI is InChI=1S/C26H26O6S/c1-30-20-11-8-17(9-12-20)5-4-14-31-25-23(28)22(16-27)32-26(24(25)29)33-21-13-10-18-6-2-3-7-19(18)15-21/h2-3,6-13,15,22-29H,14,16H2,1H3/t22-,23+,24-,25+,26+/m1/s1. The van der Waals surface area contributed by atoms with Crippen LogP contribution in [0.25, 0.3) is 10.8 Å². The lowest BCUT2D eigenvalue weighted by Crippen LogP contribution is -2.58. The summed E-state index contributed by atoms with van der Waals surface area (Å²) < 4.78 is 16.7. The van der Waals surface area contributed by atoms with E-state index in [1.54, 1.807) is 7.11 Å². The second-order valence-electron chi connectivity index (χ2n) is 7.64. The molecule has 5 atom stereocenters. The minimum absolute atomic E-state index is 0.0102. The van der Waals surface area contributed by atoms with Crippen LogP contribution in [-0.2, 0) is 9.47 Å². The van der Waals surface area contributed by atoms with Crippen LogP contribution in [0.1, 0.15) is 5.56 Å². The summed E-state index contributed by atoms with van der Waals surface area (Å²) in [5, 5.41) is 33.3. The molecule has 3 aromatic rings. The molecule has 0 saturated carbocycles. The van der Waals surface area contributed by atoms with E-state index in [-0.39, 0.29) is 13.2 Å². The topological polar surface area (TPSA) is 88.4 Å². The van der Waals surface area contributed by atoms with Gasteiger partial charge in [-0.2, -0.15) is 0 Å². The molecule has 33 heavy (non-hydrogen) atoms. The van der Waals surface area contributed by atoms with Gasteiger partial charge in [-0.05, 0) is 47.2 Å². The number of aliphatic hydroxyl groups excluding tert-OH is 3. The number of thioether (sulfide) groups is 1. The van der Waals surface area contributed by atoms with Crippen molar-refractivity contribution in [1.82, 2.24) is 0 Å². The monoisotopic (exact) mass is 466 g/mol. The second kappa shape index (κ2) is 11.0. The van der Waals surface area contributed by atoms with Crippen molar-refractivity contribution in [2.75, 3.05) is 20.3 Å². The molecule has 4 rings (SSSR count). The summed E-state index contributed by atoms with van der Waals surface area (Å²) in [4.78, 5) is 0.906. The van der Waals surface area contributed by atoms with Gasteiger partial charge in [0.05, 0.1) is 13.7 Å². The highest BCUT2D eigenvalue weighted by Gasteiger charge is 2.45. The Labute approximate surface area is 197 Å². The lowest BCUT2D eigenvalue weighted by molar-refractivity contribution is -0.217. The van der Waals surface area contributed by atoms with Gasteiger partial charge in [-0.1, -0.05) is 53.9 Å². The molecule has 3 N–H and O–H groups in total. The van der Waals surface area contributed by atoms with Gasteiger partial charge in [-0.25, -0.2) is 0 Å². The van der Waals surface area contributed by atoms with E-state index in [9.17, 15) is 15.3 Å². The van der Waals surface area contributed by atoms with Gasteiger partial charge in [-0.3, -0.25) is 0 Å². The van der Waals surface area contributed by atoms with E-state index < -0.39 is 29.9 Å². The van der Waals surface area contributed by atoms with Crippen LogP contribution in [0.4, 0.5) is 0 Å². The molecule has 7 heteroatoms. The summed E-state index contributed by atoms with van der Waals surface area (Å²) in [7, 11) is 1.60. The molecule has 0 bridgehead atoms. The number of rotatable bonds is 6. The Kier molecular flexibility index (Phi) is 7.89. The molecule has 1 aliphatic rings. The van der Waals surface area contributed by atoms with Gasteiger partial charge in [0.1, 0.15) is 42.2 Å². The van der Waals surface area contributed by atoms with Crippen LogP contribution in [0, 0.1) is 11.8 Å². The van der Waals surface area contributed by atoms with Crippen LogP contribution in [-0.4, -0.2) is 65.5 Å². The van der Waals surface area contributed by atoms with Crippen molar-refractivity contribution in [3.63, 3.8) is 0 Å². The molecule has 6 nitrogen and oxygen atoms in total. The third-order valence-electron chi connectivity index (χ3n) is 5.47. The molecular weight excluding hydrogens is 440 g/mol. The van der Waals surface area contributed by atoms with E-state index in [1.807, 2.05) is 66.7 Å². The van der Waals surface area contributed by atoms with Crippen molar-refractivity contribution in [1.29, 1.82) is 0 Å². The average Bonchev–Trinajstić information content (AvgIpc) is 2.85. The summed E-state index contributed by atoms with van der Waals surface area (Å²) in [5.41, 5.74) is 0.0803. The summed E-state index contributed by atoms with van der Waals surface area (Å²) in [6, 6.07) is 21.3. The number of ether oxygens (including phenoxy) is 3. The fourth-order valence-corrected chi connectivity index (χ4v) is 4.78. The summed E-state index contributed by atoms with van der Waals surface area (Å²) >= 11 is 1.33. The molecule has 3 aromatic carbocycles. The molecule has 1 aliphatic heterocycles. The van der Waals surface area contributed by atoms with Crippen molar-refractivity contribution in [3.05, 3.63) is 72.3 Å². The van der Waals surface area contributed by atoms with Gasteiger partial charge >= 0.3 is 0 Å². The Hall–Kier alpha value is -2.57. The number of hydrogen-bond acceptors (Lipinski definition) is 7. The van der Waals surface area contributed by atoms with Gasteiger partial charge in [0.15, 0.2) is 0 Å². The van der Waals surface area contributed by atoms with Gasteiger partial charge < -0.3 is 29.5 Å². The first-order chi connectivity index (χ1) is 16.1. The van der Waals surface area contributed by atoms with Crippen LogP contribution in [0.5, 0.6) is 5.75 Å². The lowest BCUT2D eigenvalue weighted by atomic mass is 10.00. The molecule has 0 spiro atoms. The molecule has 172 valence electrons. The van der Waals surface area contributed by atoms with Crippen LogP contribution >= 0.6 is 11.8 Å². The predicted molar refractivity (Wildman–Crippen MR) is 127 cm³/mol. The summed E-state index contributed by atoms with van der Waals surface area (Å²) in [5.74, 6) is 6.62. The Morgan fingerprint density at radius 2 is 1.73 bits per heavy atom. The average molecular weight is 467 g/mol. The maximum Gasteiger partial charge on any atom is 0.136 e. The SMILES string of the molecule is COc1ccc(C#CCO[C@H]2[C@@H](O)[C@@H](CO)O[C@@H](Sc3ccc4ccccc4c3)[C@@H]2O)cc1. The zero-order chi connectivity index (χ0) is 23.2. The van der Waals surface area contributed by atoms with Crippen molar-refractivity contribution < 1.29 is 29.5 Å². The molecule has 0 aliphatic carbocycles. The first kappa shape index (κ1) is 23.6. The van der Waals surface area contributed by atoms with Crippen LogP contribution < -0.4 is 4.74 Å². The smallest absolute Gasteiger partial charge is 0.136 e. The van der Waals surface area contributed by atoms with E-state index in [2.05, 4.69) is 11.8 Å². The first-order valence-corrected chi connectivity index (χ1v) is 11.5. The maximum atomic E-state index is 10.9. The molecule has 0 amide bonds. The highest BCUT2D eigenvalue weighted by Crippen LogP contribution is 2.35. The van der Waals surface area contributed by atoms with Gasteiger partial charge in [0.25, 0.3) is 0 Å². The number of hydrogen-bond donors (Lipinski definition) is 3. The third kappa shape index (κ3) is 5.68. The molecule has 0 radical (unpaired) electrons. The minimum Gasteiger partial charge on any atom is -0.497 e. The van der Waals surface area contributed by atoms with Crippen LogP contribution in [0.2, 0.25) is 0 Å². The largest absolute Gasteiger partial charge is 0.497 e. The Morgan fingerprint density at radius 1 is 0.970 bits per heavy atom. The Balaban J connectivity index is 1.43. The zero-order valence-electron chi connectivity index (χ0n) is 18.1. The van der Waals surface area contributed by atoms with Crippen molar-refractivity contribution in [2.24, 2.45) is 0 Å². The van der Waals surface area contributed by atoms with Gasteiger partial charge in [0.2, 0.25) is 0 Å². The summed E-state index contributed by atoms with van der Waals surface area (Å²) in [6.45, 7) is -0.379. The molecule has 1 heterocycles. The second-order valence-corrected chi connectivity index (χ2v) is 8.81. The number of methoxy groups -OCH3 is 1. The fourth-order valence-electron chi connectivity index (χ4n) is 3.67. The Bertz CT molecular complexity index is 1120. The lowest BCUT2D eigenvalue weighted by Gasteiger charge is -2.41. The molecular formula is C26H26O6S. The van der Waals surface area contributed by atoms with Gasteiger partial charge in [0, 0.05) is 10.5 Å². The number of benzene rings is 3. The minimum atomic E-state index is -1.18. The number of fused-ring (bicyclic) bond motifs is 1. The van der Waals surface area contributed by atoms with Crippen molar-refractivity contribution in [3.8, 4) is 17.6 Å². The predicted octanol–water partition coefficient (Wildman–Crippen LogP) is 2.82. The maximum absolute atomic E-state index is 10.9. The first-order valence-electron chi connectivity index (χ1n) is 10.6.